The molecule has 0 saturated carbocycles. The zero-order valence-electron chi connectivity index (χ0n) is 19.0. The average Bonchev–Trinajstić information content (AvgIpc) is 2.99. The van der Waals surface area contributed by atoms with Crippen LogP contribution in [0.25, 0.3) is 0 Å². The van der Waals surface area contributed by atoms with E-state index in [1.54, 1.807) is 20.9 Å². The molecule has 0 aliphatic heterocycles. The number of rotatable bonds is 10. The Bertz CT molecular complexity index is 1110. The first-order valence-corrected chi connectivity index (χ1v) is 11.7. The van der Waals surface area contributed by atoms with Crippen molar-refractivity contribution in [1.29, 1.82) is 0 Å². The predicted octanol–water partition coefficient (Wildman–Crippen LogP) is 2.89. The van der Waals surface area contributed by atoms with Crippen molar-refractivity contribution < 1.29 is 22.9 Å². The molecular formula is C20H29N5O6S. The van der Waals surface area contributed by atoms with Gasteiger partial charge in [0.2, 0.25) is 15.9 Å². The number of nitro benzene ring substituents is 1. The molecule has 0 unspecified atom stereocenters. The third kappa shape index (κ3) is 5.82. The molecule has 12 heteroatoms. The highest BCUT2D eigenvalue weighted by molar-refractivity contribution is 7.89. The molecule has 2 rings (SSSR count). The molecule has 0 spiro atoms. The zero-order chi connectivity index (χ0) is 24.2. The second-order valence-corrected chi connectivity index (χ2v) is 9.61. The molecule has 2 N–H and O–H groups in total. The second-order valence-electron chi connectivity index (χ2n) is 7.93. The Hall–Kier alpha value is -2.99. The highest BCUT2D eigenvalue weighted by atomic mass is 32.2. The normalized spacial score (nSPS) is 12.6. The van der Waals surface area contributed by atoms with Gasteiger partial charge in [-0.1, -0.05) is 20.8 Å². The van der Waals surface area contributed by atoms with Crippen molar-refractivity contribution >= 4 is 21.6 Å². The maximum atomic E-state index is 12.9. The molecular weight excluding hydrogens is 438 g/mol. The molecule has 32 heavy (non-hydrogen) atoms. The first-order valence-electron chi connectivity index (χ1n) is 10.2. The monoisotopic (exact) mass is 467 g/mol. The fourth-order valence-electron chi connectivity index (χ4n) is 2.77. The predicted molar refractivity (Wildman–Crippen MR) is 118 cm³/mol. The lowest BCUT2D eigenvalue weighted by molar-refractivity contribution is -0.385. The van der Waals surface area contributed by atoms with Crippen LogP contribution in [-0.4, -0.2) is 41.6 Å². The third-order valence-corrected chi connectivity index (χ3v) is 6.32. The van der Waals surface area contributed by atoms with E-state index in [-0.39, 0.29) is 40.1 Å². The first-order chi connectivity index (χ1) is 14.9. The van der Waals surface area contributed by atoms with Gasteiger partial charge in [0, 0.05) is 37.3 Å². The number of nitrogens with one attached hydrogen (secondary N) is 2. The van der Waals surface area contributed by atoms with Crippen LogP contribution in [0.3, 0.4) is 0 Å². The molecule has 0 radical (unpaired) electrons. The number of ether oxygens (including phenoxy) is 1. The van der Waals surface area contributed by atoms with E-state index in [0.29, 0.717) is 18.5 Å². The van der Waals surface area contributed by atoms with E-state index < -0.39 is 20.6 Å². The molecule has 0 saturated heterocycles. The van der Waals surface area contributed by atoms with E-state index in [4.69, 9.17) is 4.74 Å². The number of carbonyl (C=O) groups excluding carboxylic acids is 1. The van der Waals surface area contributed by atoms with Crippen LogP contribution >= 0.6 is 0 Å². The molecule has 1 atom stereocenters. The van der Waals surface area contributed by atoms with E-state index in [1.807, 2.05) is 20.8 Å². The van der Waals surface area contributed by atoms with Gasteiger partial charge in [0.05, 0.1) is 4.92 Å². The Morgan fingerprint density at radius 2 is 1.97 bits per heavy atom. The Balaban J connectivity index is 2.49. The SMILES string of the molecule is CC[C@@H](C)NS(=O)(=O)c1cc([N+](=O)[O-])ccc1Oc1c(C)c(C(=O)NCC(C)C)nn1C. The standard InChI is InChI=1S/C20H29N5O6S/c1-7-13(4)23-32(29,30)17-10-15(25(27)28)8-9-16(17)31-20-14(5)18(22-24(20)6)19(26)21-11-12(2)3/h8-10,12-13,23H,7,11H2,1-6H3,(H,21,26)/t13-/m1/s1. The molecule has 0 aliphatic rings. The van der Waals surface area contributed by atoms with Crippen LogP contribution in [0.1, 0.15) is 50.2 Å². The Kier molecular flexibility index (Phi) is 7.97. The largest absolute Gasteiger partial charge is 0.438 e. The Labute approximate surface area is 187 Å². The zero-order valence-corrected chi connectivity index (χ0v) is 19.8. The number of nitrogens with zero attached hydrogens (tertiary/aromatic N) is 3. The summed E-state index contributed by atoms with van der Waals surface area (Å²) < 4.78 is 35.5. The van der Waals surface area contributed by atoms with Gasteiger partial charge in [-0.25, -0.2) is 17.8 Å². The molecule has 0 fully saturated rings. The van der Waals surface area contributed by atoms with Gasteiger partial charge in [-0.2, -0.15) is 5.10 Å². The van der Waals surface area contributed by atoms with Gasteiger partial charge in [0.1, 0.15) is 10.6 Å². The minimum atomic E-state index is -4.12. The number of amides is 1. The fraction of sp³-hybridized carbons (Fsp3) is 0.500. The van der Waals surface area contributed by atoms with Gasteiger partial charge in [0.15, 0.2) is 5.69 Å². The van der Waals surface area contributed by atoms with Crippen LogP contribution in [0.4, 0.5) is 5.69 Å². The lowest BCUT2D eigenvalue weighted by atomic mass is 10.2. The van der Waals surface area contributed by atoms with Crippen LogP contribution < -0.4 is 14.8 Å². The van der Waals surface area contributed by atoms with E-state index in [0.717, 1.165) is 12.1 Å². The van der Waals surface area contributed by atoms with Crippen LogP contribution in [0.15, 0.2) is 23.1 Å². The lowest BCUT2D eigenvalue weighted by Gasteiger charge is -2.15. The molecule has 1 aromatic carbocycles. The van der Waals surface area contributed by atoms with Gasteiger partial charge in [-0.05, 0) is 32.3 Å². The van der Waals surface area contributed by atoms with Gasteiger partial charge >= 0.3 is 0 Å². The van der Waals surface area contributed by atoms with Gasteiger partial charge in [0.25, 0.3) is 11.6 Å². The molecule has 1 aromatic heterocycles. The molecule has 1 amide bonds. The van der Waals surface area contributed by atoms with E-state index in [2.05, 4.69) is 15.1 Å². The highest BCUT2D eigenvalue weighted by Crippen LogP contribution is 2.34. The Morgan fingerprint density at radius 3 is 2.53 bits per heavy atom. The molecule has 0 aliphatic carbocycles. The number of nitro groups is 1. The minimum absolute atomic E-state index is 0.119. The van der Waals surface area contributed by atoms with E-state index in [1.165, 1.54) is 10.7 Å². The number of carbonyl (C=O) groups is 1. The maximum Gasteiger partial charge on any atom is 0.272 e. The second kappa shape index (κ2) is 10.1. The number of non-ortho nitro benzene ring substituents is 1. The highest BCUT2D eigenvalue weighted by Gasteiger charge is 2.27. The number of hydrogen-bond acceptors (Lipinski definition) is 7. The molecule has 2 aromatic rings. The van der Waals surface area contributed by atoms with Gasteiger partial charge in [-0.15, -0.1) is 0 Å². The van der Waals surface area contributed by atoms with Gasteiger partial charge in [-0.3, -0.25) is 14.9 Å². The average molecular weight is 468 g/mol. The van der Waals surface area contributed by atoms with E-state index >= 15 is 0 Å². The molecule has 176 valence electrons. The minimum Gasteiger partial charge on any atom is -0.438 e. The van der Waals surface area contributed by atoms with Crippen molar-refractivity contribution in [3.8, 4) is 11.6 Å². The summed E-state index contributed by atoms with van der Waals surface area (Å²) in [5.41, 5.74) is 0.162. The smallest absolute Gasteiger partial charge is 0.272 e. The van der Waals surface area contributed by atoms with Gasteiger partial charge < -0.3 is 10.1 Å². The number of benzene rings is 1. The fourth-order valence-corrected chi connectivity index (χ4v) is 4.25. The van der Waals surface area contributed by atoms with Crippen LogP contribution in [0.2, 0.25) is 0 Å². The van der Waals surface area contributed by atoms with Crippen molar-refractivity contribution in [2.24, 2.45) is 13.0 Å². The van der Waals surface area contributed by atoms with Crippen LogP contribution in [0.5, 0.6) is 11.6 Å². The number of sulfonamides is 1. The summed E-state index contributed by atoms with van der Waals surface area (Å²) in [4.78, 5) is 22.6. The van der Waals surface area contributed by atoms with Crippen LogP contribution in [-0.2, 0) is 17.1 Å². The summed E-state index contributed by atoms with van der Waals surface area (Å²) >= 11 is 0. The number of aromatic nitrogens is 2. The lowest BCUT2D eigenvalue weighted by Crippen LogP contribution is -2.32. The summed E-state index contributed by atoms with van der Waals surface area (Å²) in [6, 6.07) is 2.93. The summed E-state index contributed by atoms with van der Waals surface area (Å²) in [5.74, 6) is -0.0959. The van der Waals surface area contributed by atoms with Crippen molar-refractivity contribution in [3.63, 3.8) is 0 Å². The van der Waals surface area contributed by atoms with Crippen molar-refractivity contribution in [3.05, 3.63) is 39.6 Å². The van der Waals surface area contributed by atoms with Crippen LogP contribution in [0, 0.1) is 23.0 Å². The topological polar surface area (TPSA) is 145 Å². The van der Waals surface area contributed by atoms with Crippen molar-refractivity contribution in [2.75, 3.05) is 6.54 Å². The Morgan fingerprint density at radius 1 is 1.31 bits per heavy atom. The van der Waals surface area contributed by atoms with E-state index in [9.17, 15) is 23.3 Å². The quantitative estimate of drug-likeness (QED) is 0.403. The first kappa shape index (κ1) is 25.3. The number of hydrogen-bond donors (Lipinski definition) is 2. The molecule has 1 heterocycles. The maximum absolute atomic E-state index is 12.9. The van der Waals surface area contributed by atoms with Crippen molar-refractivity contribution in [2.45, 2.75) is 52.0 Å². The number of aryl methyl sites for hydroxylation is 1. The van der Waals surface area contributed by atoms with Crippen molar-refractivity contribution in [1.82, 2.24) is 19.8 Å². The summed E-state index contributed by atoms with van der Waals surface area (Å²) in [5, 5.41) is 18.2. The summed E-state index contributed by atoms with van der Waals surface area (Å²) in [6.45, 7) is 9.51. The summed E-state index contributed by atoms with van der Waals surface area (Å²) in [7, 11) is -2.57. The third-order valence-electron chi connectivity index (χ3n) is 4.71. The summed E-state index contributed by atoms with van der Waals surface area (Å²) in [6.07, 6.45) is 0.528. The molecule has 11 nitrogen and oxygen atoms in total. The molecule has 0 bridgehead atoms.